The number of carbonyl (C=O) groups is 3. The second-order valence-corrected chi connectivity index (χ2v) is 7.25. The summed E-state index contributed by atoms with van der Waals surface area (Å²) >= 11 is 0. The number of aromatic carboxylic acids is 1. The number of piperidine rings is 1. The molecule has 0 spiro atoms. The van der Waals surface area contributed by atoms with Gasteiger partial charge in [0.2, 0.25) is 5.91 Å². The first-order valence-corrected chi connectivity index (χ1v) is 9.70. The quantitative estimate of drug-likeness (QED) is 0.697. The predicted molar refractivity (Wildman–Crippen MR) is 111 cm³/mol. The number of nitrogens with one attached hydrogen (secondary N) is 2. The number of carbonyl (C=O) groups excluding carboxylic acids is 2. The Balaban J connectivity index is 1.66. The molecule has 0 bridgehead atoms. The van der Waals surface area contributed by atoms with E-state index in [-0.39, 0.29) is 17.0 Å². The van der Waals surface area contributed by atoms with Crippen LogP contribution in [0.2, 0.25) is 0 Å². The van der Waals surface area contributed by atoms with E-state index in [1.165, 1.54) is 24.6 Å². The first-order valence-electron chi connectivity index (χ1n) is 9.70. The lowest BCUT2D eigenvalue weighted by molar-refractivity contribution is -0.117. The zero-order chi connectivity index (χ0) is 20.8. The molecule has 0 saturated carbocycles. The summed E-state index contributed by atoms with van der Waals surface area (Å²) in [4.78, 5) is 38.1. The van der Waals surface area contributed by atoms with E-state index in [1.54, 1.807) is 18.2 Å². The zero-order valence-electron chi connectivity index (χ0n) is 16.4. The summed E-state index contributed by atoms with van der Waals surface area (Å²) in [5.74, 6) is -1.58. The van der Waals surface area contributed by atoms with Crippen molar-refractivity contribution in [3.8, 4) is 0 Å². The summed E-state index contributed by atoms with van der Waals surface area (Å²) in [6.45, 7) is 4.13. The number of nitrogens with zero attached hydrogens (tertiary/aromatic N) is 1. The molecular formula is C22H25N3O4. The predicted octanol–water partition coefficient (Wildman–Crippen LogP) is 3.37. The monoisotopic (exact) mass is 395 g/mol. The van der Waals surface area contributed by atoms with E-state index in [4.69, 9.17) is 5.11 Å². The van der Waals surface area contributed by atoms with Gasteiger partial charge in [0.15, 0.2) is 0 Å². The van der Waals surface area contributed by atoms with Gasteiger partial charge >= 0.3 is 5.97 Å². The van der Waals surface area contributed by atoms with Crippen LogP contribution in [0.5, 0.6) is 0 Å². The van der Waals surface area contributed by atoms with Crippen molar-refractivity contribution < 1.29 is 19.5 Å². The van der Waals surface area contributed by atoms with Gasteiger partial charge in [-0.1, -0.05) is 18.6 Å². The summed E-state index contributed by atoms with van der Waals surface area (Å²) in [6.07, 6.45) is 3.46. The Morgan fingerprint density at radius 2 is 1.69 bits per heavy atom. The van der Waals surface area contributed by atoms with Crippen LogP contribution in [-0.2, 0) is 4.79 Å². The van der Waals surface area contributed by atoms with Crippen LogP contribution in [0.25, 0.3) is 0 Å². The SMILES string of the molecule is Cc1ccc(NC(=O)c2cccc(C(=O)O)c2)cc1NC(=O)CN1CCCCC1. The zero-order valence-corrected chi connectivity index (χ0v) is 16.4. The molecule has 0 aliphatic carbocycles. The molecule has 1 aliphatic rings. The van der Waals surface area contributed by atoms with Gasteiger partial charge in [0.1, 0.15) is 0 Å². The second-order valence-electron chi connectivity index (χ2n) is 7.25. The third-order valence-corrected chi connectivity index (χ3v) is 4.96. The number of hydrogen-bond donors (Lipinski definition) is 3. The minimum Gasteiger partial charge on any atom is -0.478 e. The lowest BCUT2D eigenvalue weighted by Crippen LogP contribution is -2.36. The van der Waals surface area contributed by atoms with E-state index in [9.17, 15) is 14.4 Å². The molecule has 7 heteroatoms. The molecule has 0 atom stereocenters. The molecule has 7 nitrogen and oxygen atoms in total. The van der Waals surface area contributed by atoms with Crippen molar-refractivity contribution in [1.29, 1.82) is 0 Å². The molecule has 1 saturated heterocycles. The van der Waals surface area contributed by atoms with Crippen molar-refractivity contribution in [2.45, 2.75) is 26.2 Å². The van der Waals surface area contributed by atoms with Crippen LogP contribution < -0.4 is 10.6 Å². The third kappa shape index (κ3) is 5.65. The molecule has 152 valence electrons. The van der Waals surface area contributed by atoms with Crippen LogP contribution in [0.3, 0.4) is 0 Å². The Kier molecular flexibility index (Phi) is 6.61. The number of carboxylic acids is 1. The number of hydrogen-bond acceptors (Lipinski definition) is 4. The maximum absolute atomic E-state index is 12.5. The van der Waals surface area contributed by atoms with Gasteiger partial charge in [0.25, 0.3) is 5.91 Å². The number of amides is 2. The van der Waals surface area contributed by atoms with Gasteiger partial charge in [0, 0.05) is 16.9 Å². The summed E-state index contributed by atoms with van der Waals surface area (Å²) in [5.41, 5.74) is 2.36. The van der Waals surface area contributed by atoms with Crippen molar-refractivity contribution in [1.82, 2.24) is 4.90 Å². The number of likely N-dealkylation sites (tertiary alicyclic amines) is 1. The van der Waals surface area contributed by atoms with Gasteiger partial charge in [-0.2, -0.15) is 0 Å². The number of rotatable bonds is 6. The first-order chi connectivity index (χ1) is 13.9. The standard InChI is InChI=1S/C22H25N3O4/c1-15-8-9-18(23-21(27)16-6-5-7-17(12-16)22(28)29)13-19(15)24-20(26)14-25-10-3-2-4-11-25/h5-9,12-13H,2-4,10-11,14H2,1H3,(H,23,27)(H,24,26)(H,28,29). The highest BCUT2D eigenvalue weighted by Crippen LogP contribution is 2.21. The molecule has 29 heavy (non-hydrogen) atoms. The summed E-state index contributed by atoms with van der Waals surface area (Å²) < 4.78 is 0. The van der Waals surface area contributed by atoms with E-state index in [0.29, 0.717) is 17.9 Å². The van der Waals surface area contributed by atoms with Crippen LogP contribution in [0.4, 0.5) is 11.4 Å². The molecule has 3 N–H and O–H groups in total. The van der Waals surface area contributed by atoms with Gasteiger partial charge in [-0.05, 0) is 68.8 Å². The topological polar surface area (TPSA) is 98.7 Å². The molecular weight excluding hydrogens is 370 g/mol. The van der Waals surface area contributed by atoms with Crippen LogP contribution in [0.15, 0.2) is 42.5 Å². The summed E-state index contributed by atoms with van der Waals surface area (Å²) in [7, 11) is 0. The Labute approximate surface area is 169 Å². The van der Waals surface area contributed by atoms with Gasteiger partial charge in [-0.3, -0.25) is 14.5 Å². The fourth-order valence-corrected chi connectivity index (χ4v) is 3.34. The molecule has 0 unspecified atom stereocenters. The van der Waals surface area contributed by atoms with E-state index < -0.39 is 11.9 Å². The van der Waals surface area contributed by atoms with Crippen molar-refractivity contribution in [2.75, 3.05) is 30.3 Å². The highest BCUT2D eigenvalue weighted by atomic mass is 16.4. The molecule has 2 aromatic rings. The van der Waals surface area contributed by atoms with Crippen LogP contribution in [0.1, 0.15) is 45.5 Å². The van der Waals surface area contributed by atoms with E-state index in [2.05, 4.69) is 15.5 Å². The van der Waals surface area contributed by atoms with Crippen molar-refractivity contribution >= 4 is 29.2 Å². The largest absolute Gasteiger partial charge is 0.478 e. The third-order valence-electron chi connectivity index (χ3n) is 4.96. The highest BCUT2D eigenvalue weighted by molar-refractivity contribution is 6.06. The minimum atomic E-state index is -1.09. The average Bonchev–Trinajstić information content (AvgIpc) is 2.71. The molecule has 3 rings (SSSR count). The van der Waals surface area contributed by atoms with Crippen molar-refractivity contribution in [3.05, 3.63) is 59.2 Å². The maximum Gasteiger partial charge on any atom is 0.335 e. The number of anilines is 2. The molecule has 1 heterocycles. The van der Waals surface area contributed by atoms with Gasteiger partial charge in [-0.15, -0.1) is 0 Å². The molecule has 1 fully saturated rings. The number of carboxylic acid groups (broad SMARTS) is 1. The molecule has 2 aromatic carbocycles. The molecule has 0 radical (unpaired) electrons. The number of aryl methyl sites for hydroxylation is 1. The van der Waals surface area contributed by atoms with Crippen LogP contribution >= 0.6 is 0 Å². The number of benzene rings is 2. The molecule has 2 amide bonds. The minimum absolute atomic E-state index is 0.0484. The average molecular weight is 395 g/mol. The van der Waals surface area contributed by atoms with Crippen LogP contribution in [-0.4, -0.2) is 47.4 Å². The summed E-state index contributed by atoms with van der Waals surface area (Å²) in [6, 6.07) is 11.1. The normalized spacial score (nSPS) is 14.2. The van der Waals surface area contributed by atoms with Gasteiger partial charge in [0.05, 0.1) is 12.1 Å². The Morgan fingerprint density at radius 1 is 0.966 bits per heavy atom. The van der Waals surface area contributed by atoms with Gasteiger partial charge < -0.3 is 15.7 Å². The lowest BCUT2D eigenvalue weighted by atomic mass is 10.1. The van der Waals surface area contributed by atoms with E-state index in [0.717, 1.165) is 31.5 Å². The highest BCUT2D eigenvalue weighted by Gasteiger charge is 2.15. The Bertz CT molecular complexity index is 920. The second kappa shape index (κ2) is 9.34. The maximum atomic E-state index is 12.5. The fourth-order valence-electron chi connectivity index (χ4n) is 3.34. The molecule has 0 aromatic heterocycles. The fraction of sp³-hybridized carbons (Fsp3) is 0.318. The van der Waals surface area contributed by atoms with E-state index in [1.807, 2.05) is 13.0 Å². The van der Waals surface area contributed by atoms with Crippen molar-refractivity contribution in [2.24, 2.45) is 0 Å². The van der Waals surface area contributed by atoms with Crippen LogP contribution in [0, 0.1) is 6.92 Å². The van der Waals surface area contributed by atoms with E-state index >= 15 is 0 Å². The summed E-state index contributed by atoms with van der Waals surface area (Å²) in [5, 5.41) is 14.8. The Hall–Kier alpha value is -3.19. The lowest BCUT2D eigenvalue weighted by Gasteiger charge is -2.25. The van der Waals surface area contributed by atoms with Crippen molar-refractivity contribution in [3.63, 3.8) is 0 Å². The first kappa shape index (κ1) is 20.5. The molecule has 1 aliphatic heterocycles. The Morgan fingerprint density at radius 3 is 2.41 bits per heavy atom. The van der Waals surface area contributed by atoms with Gasteiger partial charge in [-0.25, -0.2) is 4.79 Å². The smallest absolute Gasteiger partial charge is 0.335 e.